The van der Waals surface area contributed by atoms with Crippen molar-refractivity contribution in [2.75, 3.05) is 19.0 Å². The lowest BCUT2D eigenvalue weighted by molar-refractivity contribution is -0.118. The van der Waals surface area contributed by atoms with E-state index in [0.29, 0.717) is 38.7 Å². The number of furan rings is 1. The molecule has 11 heteroatoms. The molecular formula is C34H31BrN4O6. The number of methoxy groups -OCH3 is 1. The Labute approximate surface area is 268 Å². The summed E-state index contributed by atoms with van der Waals surface area (Å²) in [5.41, 5.74) is 7.10. The first-order valence-corrected chi connectivity index (χ1v) is 14.8. The number of benzene rings is 3. The van der Waals surface area contributed by atoms with Gasteiger partial charge in [0.2, 0.25) is 0 Å². The van der Waals surface area contributed by atoms with Gasteiger partial charge in [-0.3, -0.25) is 9.59 Å². The molecular weight excluding hydrogens is 640 g/mol. The van der Waals surface area contributed by atoms with Gasteiger partial charge in [0.05, 0.1) is 17.8 Å². The van der Waals surface area contributed by atoms with Gasteiger partial charge >= 0.3 is 5.91 Å². The number of halogens is 1. The van der Waals surface area contributed by atoms with Crippen molar-refractivity contribution in [3.8, 4) is 22.9 Å². The predicted octanol–water partition coefficient (Wildman–Crippen LogP) is 6.82. The highest BCUT2D eigenvalue weighted by atomic mass is 79.9. The normalized spacial score (nSPS) is 10.9. The summed E-state index contributed by atoms with van der Waals surface area (Å²) < 4.78 is 25.3. The number of hydrazone groups is 1. The Morgan fingerprint density at radius 1 is 0.933 bits per heavy atom. The van der Waals surface area contributed by atoms with Crippen LogP contribution in [0.4, 0.5) is 5.69 Å². The maximum absolute atomic E-state index is 12.6. The van der Waals surface area contributed by atoms with E-state index in [1.165, 1.54) is 13.3 Å². The summed E-state index contributed by atoms with van der Waals surface area (Å²) in [6.45, 7) is 4.07. The van der Waals surface area contributed by atoms with Crippen LogP contribution >= 0.6 is 15.9 Å². The molecule has 45 heavy (non-hydrogen) atoms. The lowest BCUT2D eigenvalue weighted by Gasteiger charge is -2.13. The number of hydrogen-bond acceptors (Lipinski definition) is 7. The maximum atomic E-state index is 12.6. The van der Waals surface area contributed by atoms with Gasteiger partial charge in [-0.2, -0.15) is 5.10 Å². The van der Waals surface area contributed by atoms with Crippen LogP contribution in [0.1, 0.15) is 33.3 Å². The third-order valence-electron chi connectivity index (χ3n) is 6.67. The number of carbonyl (C=O) groups excluding carboxylic acids is 2. The van der Waals surface area contributed by atoms with Gasteiger partial charge in [-0.1, -0.05) is 18.2 Å². The van der Waals surface area contributed by atoms with Crippen LogP contribution in [0, 0.1) is 13.8 Å². The van der Waals surface area contributed by atoms with Gasteiger partial charge in [-0.05, 0) is 108 Å². The minimum absolute atomic E-state index is 0.0935. The molecule has 0 aliphatic carbocycles. The SMILES string of the molecule is COc1cc(/C=N/NC(=O)c2ccc(COc3ccc(-n4c(C)ccc4C)cc3)o2)cc(Br)c1OCC(=O)Nc1ccccc1. The third kappa shape index (κ3) is 8.01. The number of hydrogen-bond donors (Lipinski definition) is 2. The van der Waals surface area contributed by atoms with E-state index < -0.39 is 5.91 Å². The van der Waals surface area contributed by atoms with Crippen molar-refractivity contribution in [1.29, 1.82) is 0 Å². The lowest BCUT2D eigenvalue weighted by Crippen LogP contribution is -2.20. The maximum Gasteiger partial charge on any atom is 0.307 e. The first kappa shape index (κ1) is 31.1. The Kier molecular flexibility index (Phi) is 10.0. The number of nitrogens with zero attached hydrogens (tertiary/aromatic N) is 2. The van der Waals surface area contributed by atoms with E-state index in [-0.39, 0.29) is 24.9 Å². The van der Waals surface area contributed by atoms with Crippen molar-refractivity contribution in [2.45, 2.75) is 20.5 Å². The number of para-hydroxylation sites is 1. The van der Waals surface area contributed by atoms with E-state index in [2.05, 4.69) is 62.3 Å². The topological polar surface area (TPSA) is 116 Å². The first-order chi connectivity index (χ1) is 21.8. The summed E-state index contributed by atoms with van der Waals surface area (Å²) in [5, 5.41) is 6.79. The highest BCUT2D eigenvalue weighted by Gasteiger charge is 2.15. The molecule has 0 unspecified atom stereocenters. The average molecular weight is 672 g/mol. The van der Waals surface area contributed by atoms with Crippen LogP contribution in [-0.4, -0.2) is 36.3 Å². The number of aryl methyl sites for hydroxylation is 2. The number of nitrogens with one attached hydrogen (secondary N) is 2. The van der Waals surface area contributed by atoms with Crippen LogP contribution in [0.5, 0.6) is 17.2 Å². The van der Waals surface area contributed by atoms with E-state index >= 15 is 0 Å². The number of anilines is 1. The van der Waals surface area contributed by atoms with E-state index in [1.54, 1.807) is 36.4 Å². The van der Waals surface area contributed by atoms with Crippen molar-refractivity contribution in [3.05, 3.63) is 124 Å². The molecule has 0 aliphatic rings. The number of amides is 2. The third-order valence-corrected chi connectivity index (χ3v) is 7.26. The van der Waals surface area contributed by atoms with Crippen LogP contribution < -0.4 is 25.0 Å². The van der Waals surface area contributed by atoms with Crippen molar-refractivity contribution in [2.24, 2.45) is 5.10 Å². The van der Waals surface area contributed by atoms with Gasteiger partial charge in [-0.15, -0.1) is 0 Å². The highest BCUT2D eigenvalue weighted by Crippen LogP contribution is 2.36. The Hall–Kier alpha value is -5.29. The Morgan fingerprint density at radius 3 is 2.38 bits per heavy atom. The number of rotatable bonds is 12. The molecule has 0 spiro atoms. The Balaban J connectivity index is 1.12. The molecule has 3 aromatic carbocycles. The van der Waals surface area contributed by atoms with Crippen molar-refractivity contribution < 1.29 is 28.2 Å². The van der Waals surface area contributed by atoms with Gasteiger partial charge in [0, 0.05) is 22.8 Å². The smallest absolute Gasteiger partial charge is 0.307 e. The van der Waals surface area contributed by atoms with E-state index in [0.717, 1.165) is 17.1 Å². The van der Waals surface area contributed by atoms with Gasteiger partial charge in [0.25, 0.3) is 5.91 Å². The second-order valence-corrected chi connectivity index (χ2v) is 10.8. The van der Waals surface area contributed by atoms with Crippen LogP contribution in [-0.2, 0) is 11.4 Å². The highest BCUT2D eigenvalue weighted by molar-refractivity contribution is 9.10. The van der Waals surface area contributed by atoms with Gasteiger partial charge in [-0.25, -0.2) is 5.43 Å². The zero-order valence-electron chi connectivity index (χ0n) is 24.9. The number of carbonyl (C=O) groups is 2. The standard InChI is InChI=1S/C34H31BrN4O6/c1-22-9-10-23(2)39(22)26-11-13-27(14-12-26)43-20-28-15-16-30(45-28)34(41)38-36-19-24-17-29(35)33(31(18-24)42-3)44-21-32(40)37-25-7-5-4-6-8-25/h4-19H,20-21H2,1-3H3,(H,37,40)(H,38,41)/b36-19+. The average Bonchev–Trinajstić information content (AvgIpc) is 3.66. The van der Waals surface area contributed by atoms with Crippen LogP contribution in [0.2, 0.25) is 0 Å². The molecule has 2 amide bonds. The van der Waals surface area contributed by atoms with Crippen LogP contribution in [0.15, 0.2) is 105 Å². The fourth-order valence-corrected chi connectivity index (χ4v) is 5.10. The van der Waals surface area contributed by atoms with Gasteiger partial charge in [0.15, 0.2) is 23.9 Å². The second-order valence-electron chi connectivity index (χ2n) is 9.94. The first-order valence-electron chi connectivity index (χ1n) is 14.0. The predicted molar refractivity (Wildman–Crippen MR) is 175 cm³/mol. The molecule has 230 valence electrons. The molecule has 10 nitrogen and oxygen atoms in total. The summed E-state index contributed by atoms with van der Waals surface area (Å²) in [4.78, 5) is 24.9. The summed E-state index contributed by atoms with van der Waals surface area (Å²) in [6, 6.07) is 27.7. The zero-order chi connectivity index (χ0) is 31.8. The molecule has 5 aromatic rings. The Bertz CT molecular complexity index is 1790. The van der Waals surface area contributed by atoms with Crippen molar-refractivity contribution >= 4 is 39.6 Å². The van der Waals surface area contributed by atoms with Gasteiger partial charge in [0.1, 0.15) is 18.1 Å². The molecule has 0 radical (unpaired) electrons. The second kappa shape index (κ2) is 14.5. The fourth-order valence-electron chi connectivity index (χ4n) is 4.53. The molecule has 0 bridgehead atoms. The van der Waals surface area contributed by atoms with E-state index in [1.807, 2.05) is 42.5 Å². The molecule has 0 fully saturated rings. The van der Waals surface area contributed by atoms with E-state index in [4.69, 9.17) is 18.6 Å². The minimum Gasteiger partial charge on any atom is -0.493 e. The summed E-state index contributed by atoms with van der Waals surface area (Å²) in [6.07, 6.45) is 1.45. The minimum atomic E-state index is -0.519. The zero-order valence-corrected chi connectivity index (χ0v) is 26.5. The summed E-state index contributed by atoms with van der Waals surface area (Å²) >= 11 is 3.45. The molecule has 0 aliphatic heterocycles. The molecule has 2 N–H and O–H groups in total. The number of ether oxygens (including phenoxy) is 3. The molecule has 5 rings (SSSR count). The fraction of sp³-hybridized carbons (Fsp3) is 0.147. The molecule has 2 heterocycles. The van der Waals surface area contributed by atoms with Crippen LogP contribution in [0.3, 0.4) is 0 Å². The molecule has 0 saturated heterocycles. The Morgan fingerprint density at radius 2 is 1.67 bits per heavy atom. The summed E-state index contributed by atoms with van der Waals surface area (Å²) in [7, 11) is 1.49. The van der Waals surface area contributed by atoms with E-state index in [9.17, 15) is 9.59 Å². The monoisotopic (exact) mass is 670 g/mol. The molecule has 0 atom stereocenters. The quantitative estimate of drug-likeness (QED) is 0.111. The van der Waals surface area contributed by atoms with Crippen molar-refractivity contribution in [1.82, 2.24) is 9.99 Å². The number of aromatic nitrogens is 1. The molecule has 2 aromatic heterocycles. The van der Waals surface area contributed by atoms with Crippen molar-refractivity contribution in [3.63, 3.8) is 0 Å². The van der Waals surface area contributed by atoms with Crippen LogP contribution in [0.25, 0.3) is 5.69 Å². The lowest BCUT2D eigenvalue weighted by atomic mass is 10.2. The summed E-state index contributed by atoms with van der Waals surface area (Å²) in [5.74, 6) is 1.17. The van der Waals surface area contributed by atoms with Gasteiger partial charge < -0.3 is 28.5 Å². The largest absolute Gasteiger partial charge is 0.493 e. The molecule has 0 saturated carbocycles.